The lowest BCUT2D eigenvalue weighted by Crippen LogP contribution is -2.19. The Bertz CT molecular complexity index is 441. The summed E-state index contributed by atoms with van der Waals surface area (Å²) in [6, 6.07) is 2.86. The van der Waals surface area contributed by atoms with Crippen LogP contribution in [0.5, 0.6) is 11.5 Å². The Kier molecular flexibility index (Phi) is 3.43. The van der Waals surface area contributed by atoms with Gasteiger partial charge in [-0.15, -0.1) is 0 Å². The highest BCUT2D eigenvalue weighted by Gasteiger charge is 2.31. The van der Waals surface area contributed by atoms with E-state index in [1.165, 1.54) is 6.07 Å². The molecular formula is C13H16F2O3. The fourth-order valence-corrected chi connectivity index (χ4v) is 1.99. The Hall–Kier alpha value is -1.36. The lowest BCUT2D eigenvalue weighted by molar-refractivity contribution is 0.0154. The number of rotatable bonds is 3. The van der Waals surface area contributed by atoms with E-state index in [0.29, 0.717) is 30.3 Å². The molecule has 1 heterocycles. The molecule has 1 atom stereocenters. The van der Waals surface area contributed by atoms with Gasteiger partial charge < -0.3 is 14.6 Å². The van der Waals surface area contributed by atoms with E-state index >= 15 is 0 Å². The quantitative estimate of drug-likeness (QED) is 0.905. The molecule has 0 spiro atoms. The summed E-state index contributed by atoms with van der Waals surface area (Å²) in [7, 11) is 0. The molecule has 1 N–H and O–H groups in total. The highest BCUT2D eigenvalue weighted by molar-refractivity contribution is 5.50. The smallest absolute Gasteiger partial charge is 0.270 e. The first-order valence-corrected chi connectivity index (χ1v) is 5.86. The molecule has 0 bridgehead atoms. The van der Waals surface area contributed by atoms with Crippen LogP contribution >= 0.6 is 0 Å². The van der Waals surface area contributed by atoms with Gasteiger partial charge in [-0.25, -0.2) is 8.78 Å². The van der Waals surface area contributed by atoms with Gasteiger partial charge in [0.15, 0.2) is 11.5 Å². The van der Waals surface area contributed by atoms with Crippen LogP contribution < -0.4 is 9.47 Å². The summed E-state index contributed by atoms with van der Waals surface area (Å²) in [4.78, 5) is 0. The minimum Gasteiger partial charge on any atom is -0.486 e. The van der Waals surface area contributed by atoms with Crippen LogP contribution in [0, 0.1) is 0 Å². The van der Waals surface area contributed by atoms with Crippen molar-refractivity contribution in [2.45, 2.75) is 25.7 Å². The summed E-state index contributed by atoms with van der Waals surface area (Å²) in [5.74, 6) is -2.55. The molecular weight excluding hydrogens is 242 g/mol. The third-order valence-corrected chi connectivity index (χ3v) is 2.99. The maximum Gasteiger partial charge on any atom is 0.270 e. The molecule has 0 saturated heterocycles. The number of alkyl halides is 2. The fourth-order valence-electron chi connectivity index (χ4n) is 1.99. The number of hydrogen-bond acceptors (Lipinski definition) is 3. The molecule has 1 aromatic carbocycles. The average Bonchev–Trinajstić information content (AvgIpc) is 2.35. The van der Waals surface area contributed by atoms with Crippen LogP contribution in [-0.2, 0) is 5.92 Å². The number of aliphatic hydroxyl groups is 1. The van der Waals surface area contributed by atoms with Crippen LogP contribution in [-0.4, -0.2) is 24.9 Å². The third-order valence-electron chi connectivity index (χ3n) is 2.99. The second kappa shape index (κ2) is 4.72. The summed E-state index contributed by atoms with van der Waals surface area (Å²) in [5, 5.41) is 9.17. The minimum atomic E-state index is -2.98. The standard InChI is InChI=1S/C13H16F2O3/c1-8(7-16)9-5-11-12(18-4-3-17-11)6-10(9)13(2,14)15/h5-6,8,16H,3-4,7H2,1-2H3. The number of hydrogen-bond donors (Lipinski definition) is 1. The highest BCUT2D eigenvalue weighted by Crippen LogP contribution is 2.41. The third kappa shape index (κ3) is 2.41. The topological polar surface area (TPSA) is 38.7 Å². The van der Waals surface area contributed by atoms with Crippen molar-refractivity contribution < 1.29 is 23.4 Å². The van der Waals surface area contributed by atoms with E-state index in [1.807, 2.05) is 0 Å². The van der Waals surface area contributed by atoms with E-state index in [0.717, 1.165) is 6.92 Å². The predicted octanol–water partition coefficient (Wildman–Crippen LogP) is 2.67. The van der Waals surface area contributed by atoms with Crippen molar-refractivity contribution in [3.8, 4) is 11.5 Å². The molecule has 0 aromatic heterocycles. The maximum absolute atomic E-state index is 13.6. The van der Waals surface area contributed by atoms with Gasteiger partial charge in [0.1, 0.15) is 13.2 Å². The second-order valence-corrected chi connectivity index (χ2v) is 4.56. The Balaban J connectivity index is 2.54. The molecule has 1 aromatic rings. The lowest BCUT2D eigenvalue weighted by Gasteiger charge is -2.25. The van der Waals surface area contributed by atoms with Gasteiger partial charge in [0.25, 0.3) is 5.92 Å². The molecule has 2 rings (SSSR count). The number of benzene rings is 1. The van der Waals surface area contributed by atoms with Crippen LogP contribution in [0.1, 0.15) is 30.9 Å². The average molecular weight is 258 g/mol. The molecule has 1 aliphatic heterocycles. The maximum atomic E-state index is 13.6. The molecule has 0 fully saturated rings. The summed E-state index contributed by atoms with van der Waals surface area (Å²) in [5.41, 5.74) is 0.280. The van der Waals surface area contributed by atoms with Crippen LogP contribution in [0.4, 0.5) is 8.78 Å². The van der Waals surface area contributed by atoms with Crippen LogP contribution in [0.3, 0.4) is 0 Å². The Morgan fingerprint density at radius 2 is 1.83 bits per heavy atom. The fraction of sp³-hybridized carbons (Fsp3) is 0.538. The van der Waals surface area contributed by atoms with E-state index in [9.17, 15) is 8.78 Å². The number of ether oxygens (including phenoxy) is 2. The minimum absolute atomic E-state index is 0.117. The predicted molar refractivity (Wildman–Crippen MR) is 62.5 cm³/mol. The largest absolute Gasteiger partial charge is 0.486 e. The van der Waals surface area contributed by atoms with E-state index in [4.69, 9.17) is 14.6 Å². The molecule has 1 aliphatic rings. The summed E-state index contributed by atoms with van der Waals surface area (Å²) in [6.07, 6.45) is 0. The van der Waals surface area contributed by atoms with Gasteiger partial charge in [-0.3, -0.25) is 0 Å². The van der Waals surface area contributed by atoms with Crippen molar-refractivity contribution >= 4 is 0 Å². The summed E-state index contributed by atoms with van der Waals surface area (Å²) < 4.78 is 37.9. The van der Waals surface area contributed by atoms with Crippen LogP contribution in [0.2, 0.25) is 0 Å². The van der Waals surface area contributed by atoms with Crippen LogP contribution in [0.25, 0.3) is 0 Å². The molecule has 3 nitrogen and oxygen atoms in total. The van der Waals surface area contributed by atoms with E-state index in [2.05, 4.69) is 0 Å². The molecule has 0 amide bonds. The molecule has 0 radical (unpaired) electrons. The van der Waals surface area contributed by atoms with Crippen LogP contribution in [0.15, 0.2) is 12.1 Å². The van der Waals surface area contributed by atoms with Crippen molar-refractivity contribution in [2.24, 2.45) is 0 Å². The monoisotopic (exact) mass is 258 g/mol. The zero-order chi connectivity index (χ0) is 13.3. The number of halogens is 2. The van der Waals surface area contributed by atoms with Gasteiger partial charge in [-0.1, -0.05) is 6.92 Å². The molecule has 5 heteroatoms. The molecule has 0 aliphatic carbocycles. The normalized spacial score (nSPS) is 16.5. The highest BCUT2D eigenvalue weighted by atomic mass is 19.3. The summed E-state index contributed by atoms with van der Waals surface area (Å²) in [6.45, 7) is 3.10. The Labute approximate surface area is 104 Å². The molecule has 1 unspecified atom stereocenters. The van der Waals surface area contributed by atoms with Gasteiger partial charge in [0.05, 0.1) is 0 Å². The SMILES string of the molecule is CC(CO)c1cc2c(cc1C(C)(F)F)OCCO2. The van der Waals surface area contributed by atoms with Crippen molar-refractivity contribution in [3.63, 3.8) is 0 Å². The van der Waals surface area contributed by atoms with E-state index < -0.39 is 5.92 Å². The van der Waals surface area contributed by atoms with Crippen molar-refractivity contribution in [1.82, 2.24) is 0 Å². The second-order valence-electron chi connectivity index (χ2n) is 4.56. The zero-order valence-electron chi connectivity index (χ0n) is 10.4. The Morgan fingerprint density at radius 1 is 1.28 bits per heavy atom. The van der Waals surface area contributed by atoms with Gasteiger partial charge in [-0.2, -0.15) is 0 Å². The van der Waals surface area contributed by atoms with E-state index in [-0.39, 0.29) is 18.1 Å². The molecule has 100 valence electrons. The van der Waals surface area contributed by atoms with Crippen molar-refractivity contribution in [2.75, 3.05) is 19.8 Å². The molecule has 0 saturated carbocycles. The first-order valence-electron chi connectivity index (χ1n) is 5.86. The van der Waals surface area contributed by atoms with Crippen molar-refractivity contribution in [3.05, 3.63) is 23.3 Å². The summed E-state index contributed by atoms with van der Waals surface area (Å²) >= 11 is 0. The first-order chi connectivity index (χ1) is 8.43. The first kappa shape index (κ1) is 13.1. The number of fused-ring (bicyclic) bond motifs is 1. The lowest BCUT2D eigenvalue weighted by atomic mass is 9.92. The van der Waals surface area contributed by atoms with Gasteiger partial charge in [0.2, 0.25) is 0 Å². The van der Waals surface area contributed by atoms with E-state index in [1.54, 1.807) is 13.0 Å². The number of aliphatic hydroxyl groups excluding tert-OH is 1. The Morgan fingerprint density at radius 3 is 2.33 bits per heavy atom. The van der Waals surface area contributed by atoms with Gasteiger partial charge in [0, 0.05) is 25.0 Å². The van der Waals surface area contributed by atoms with Gasteiger partial charge in [-0.05, 0) is 17.7 Å². The molecule has 18 heavy (non-hydrogen) atoms. The van der Waals surface area contributed by atoms with Gasteiger partial charge >= 0.3 is 0 Å². The van der Waals surface area contributed by atoms with Crippen molar-refractivity contribution in [1.29, 1.82) is 0 Å². The zero-order valence-corrected chi connectivity index (χ0v) is 10.4.